The van der Waals surface area contributed by atoms with E-state index in [1.54, 1.807) is 17.0 Å². The Hall–Kier alpha value is -3.65. The molecule has 0 aliphatic carbocycles. The second-order valence-corrected chi connectivity index (χ2v) is 8.54. The molecule has 0 atom stereocenters. The van der Waals surface area contributed by atoms with Crippen molar-refractivity contribution in [2.45, 2.75) is 13.5 Å². The number of amides is 1. The van der Waals surface area contributed by atoms with Crippen molar-refractivity contribution in [2.24, 2.45) is 7.05 Å². The molecular weight excluding hydrogens is 416 g/mol. The predicted octanol–water partition coefficient (Wildman–Crippen LogP) is 3.22. The highest BCUT2D eigenvalue weighted by atomic mass is 16.3. The van der Waals surface area contributed by atoms with E-state index >= 15 is 0 Å². The lowest BCUT2D eigenvalue weighted by Gasteiger charge is -2.35. The van der Waals surface area contributed by atoms with Gasteiger partial charge in [-0.1, -0.05) is 18.2 Å². The van der Waals surface area contributed by atoms with Gasteiger partial charge < -0.3 is 19.5 Å². The molecular formula is C25H28N6O2. The molecule has 33 heavy (non-hydrogen) atoms. The molecule has 1 saturated heterocycles. The normalized spacial score (nSPS) is 14.7. The van der Waals surface area contributed by atoms with Crippen molar-refractivity contribution < 1.29 is 9.21 Å². The summed E-state index contributed by atoms with van der Waals surface area (Å²) in [5.74, 6) is 0.463. The Morgan fingerprint density at radius 1 is 1.09 bits per heavy atom. The second-order valence-electron chi connectivity index (χ2n) is 8.54. The molecule has 0 radical (unpaired) electrons. The van der Waals surface area contributed by atoms with Crippen molar-refractivity contribution in [3.8, 4) is 11.5 Å². The number of aryl methyl sites for hydroxylation is 2. The van der Waals surface area contributed by atoms with Gasteiger partial charge in [-0.3, -0.25) is 9.48 Å². The lowest BCUT2D eigenvalue weighted by Crippen LogP contribution is -2.45. The first-order valence-electron chi connectivity index (χ1n) is 11.2. The Morgan fingerprint density at radius 3 is 2.64 bits per heavy atom. The number of anilines is 1. The number of benzene rings is 1. The number of piperazine rings is 1. The first-order valence-corrected chi connectivity index (χ1v) is 11.2. The van der Waals surface area contributed by atoms with Crippen LogP contribution >= 0.6 is 0 Å². The van der Waals surface area contributed by atoms with Gasteiger partial charge in [0.2, 0.25) is 0 Å². The molecule has 1 N–H and O–H groups in total. The van der Waals surface area contributed by atoms with Crippen LogP contribution in [-0.2, 0) is 13.6 Å². The molecule has 8 heteroatoms. The van der Waals surface area contributed by atoms with Crippen molar-refractivity contribution in [1.82, 2.24) is 25.0 Å². The predicted molar refractivity (Wildman–Crippen MR) is 128 cm³/mol. The van der Waals surface area contributed by atoms with Crippen molar-refractivity contribution in [1.29, 1.82) is 0 Å². The van der Waals surface area contributed by atoms with E-state index in [4.69, 9.17) is 9.40 Å². The fourth-order valence-electron chi connectivity index (χ4n) is 4.46. The summed E-state index contributed by atoms with van der Waals surface area (Å²) in [5, 5.41) is 8.38. The topological polar surface area (TPSA) is 79.4 Å². The summed E-state index contributed by atoms with van der Waals surface area (Å²) in [6.07, 6.45) is 1.60. The van der Waals surface area contributed by atoms with Gasteiger partial charge in [0.15, 0.2) is 11.4 Å². The number of nitrogens with one attached hydrogen (secondary N) is 1. The molecule has 0 bridgehead atoms. The third-order valence-electron chi connectivity index (χ3n) is 6.26. The minimum Gasteiger partial charge on any atom is -0.463 e. The van der Waals surface area contributed by atoms with Gasteiger partial charge in [-0.2, -0.15) is 5.10 Å². The Morgan fingerprint density at radius 2 is 1.88 bits per heavy atom. The lowest BCUT2D eigenvalue weighted by molar-refractivity contribution is 0.0952. The maximum atomic E-state index is 13.4. The second kappa shape index (κ2) is 8.71. The maximum Gasteiger partial charge on any atom is 0.252 e. The van der Waals surface area contributed by atoms with Gasteiger partial charge in [0, 0.05) is 45.5 Å². The highest BCUT2D eigenvalue weighted by molar-refractivity contribution is 6.07. The Labute approximate surface area is 192 Å². The molecule has 1 amide bonds. The van der Waals surface area contributed by atoms with Gasteiger partial charge in [-0.15, -0.1) is 0 Å². The van der Waals surface area contributed by atoms with Crippen LogP contribution in [0.1, 0.15) is 21.6 Å². The standard InChI is InChI=1S/C25H28N6O2/c1-17-23-19(15-20(22-9-6-14-33-22)27-24(23)30(3)28-17)25(32)26-16-18-7-4-5-8-21(18)31-12-10-29(2)11-13-31/h4-9,14-15H,10-13,16H2,1-3H3,(H,26,32). The van der Waals surface area contributed by atoms with E-state index in [0.717, 1.165) is 42.8 Å². The van der Waals surface area contributed by atoms with Crippen molar-refractivity contribution in [2.75, 3.05) is 38.1 Å². The van der Waals surface area contributed by atoms with Crippen LogP contribution in [0.3, 0.4) is 0 Å². The smallest absolute Gasteiger partial charge is 0.252 e. The minimum atomic E-state index is -0.153. The molecule has 0 saturated carbocycles. The number of furan rings is 1. The number of nitrogens with zero attached hydrogens (tertiary/aromatic N) is 5. The number of hydrogen-bond acceptors (Lipinski definition) is 6. The molecule has 8 nitrogen and oxygen atoms in total. The third-order valence-corrected chi connectivity index (χ3v) is 6.26. The van der Waals surface area contributed by atoms with Gasteiger partial charge in [-0.05, 0) is 43.8 Å². The van der Waals surface area contributed by atoms with Crippen LogP contribution in [0.15, 0.2) is 53.1 Å². The van der Waals surface area contributed by atoms with Gasteiger partial charge in [0.05, 0.1) is 22.9 Å². The summed E-state index contributed by atoms with van der Waals surface area (Å²) < 4.78 is 7.24. The molecule has 1 aromatic carbocycles. The van der Waals surface area contributed by atoms with Crippen molar-refractivity contribution >= 4 is 22.6 Å². The number of aromatic nitrogens is 3. The zero-order valence-corrected chi connectivity index (χ0v) is 19.2. The Kier molecular flexibility index (Phi) is 5.60. The third kappa shape index (κ3) is 4.09. The largest absolute Gasteiger partial charge is 0.463 e. The zero-order valence-electron chi connectivity index (χ0n) is 19.2. The molecule has 5 rings (SSSR count). The SMILES string of the molecule is Cc1nn(C)c2nc(-c3ccco3)cc(C(=O)NCc3ccccc3N3CCN(C)CC3)c12. The first kappa shape index (κ1) is 21.2. The molecule has 170 valence electrons. The molecule has 1 aliphatic rings. The van der Waals surface area contributed by atoms with E-state index in [9.17, 15) is 4.79 Å². The van der Waals surface area contributed by atoms with E-state index in [-0.39, 0.29) is 5.91 Å². The van der Waals surface area contributed by atoms with Crippen LogP contribution in [0.2, 0.25) is 0 Å². The van der Waals surface area contributed by atoms with Gasteiger partial charge in [-0.25, -0.2) is 4.98 Å². The Bertz CT molecular complexity index is 1290. The molecule has 1 aliphatic heterocycles. The molecule has 0 spiro atoms. The number of rotatable bonds is 5. The fourth-order valence-corrected chi connectivity index (χ4v) is 4.46. The van der Waals surface area contributed by atoms with E-state index in [1.165, 1.54) is 5.69 Å². The quantitative estimate of drug-likeness (QED) is 0.509. The average molecular weight is 445 g/mol. The molecule has 1 fully saturated rings. The van der Waals surface area contributed by atoms with E-state index < -0.39 is 0 Å². The highest BCUT2D eigenvalue weighted by Gasteiger charge is 2.21. The number of likely N-dealkylation sites (N-methyl/N-ethyl adjacent to an activating group) is 1. The molecule has 0 unspecified atom stereocenters. The van der Waals surface area contributed by atoms with Crippen LogP contribution in [0.25, 0.3) is 22.5 Å². The number of hydrogen-bond donors (Lipinski definition) is 1. The summed E-state index contributed by atoms with van der Waals surface area (Å²) in [7, 11) is 3.98. The lowest BCUT2D eigenvalue weighted by atomic mass is 10.1. The zero-order chi connectivity index (χ0) is 22.9. The summed E-state index contributed by atoms with van der Waals surface area (Å²) in [4.78, 5) is 22.8. The maximum absolute atomic E-state index is 13.4. The highest BCUT2D eigenvalue weighted by Crippen LogP contribution is 2.27. The summed E-state index contributed by atoms with van der Waals surface area (Å²) in [6.45, 7) is 6.37. The number of carbonyl (C=O) groups excluding carboxylic acids is 1. The number of para-hydroxylation sites is 1. The summed E-state index contributed by atoms with van der Waals surface area (Å²) >= 11 is 0. The van der Waals surface area contributed by atoms with Crippen LogP contribution in [0, 0.1) is 6.92 Å². The van der Waals surface area contributed by atoms with Gasteiger partial charge in [0.1, 0.15) is 5.69 Å². The molecule has 3 aromatic heterocycles. The average Bonchev–Trinajstić information content (AvgIpc) is 3.46. The van der Waals surface area contributed by atoms with Crippen LogP contribution in [0.4, 0.5) is 5.69 Å². The minimum absolute atomic E-state index is 0.153. The number of fused-ring (bicyclic) bond motifs is 1. The van der Waals surface area contributed by atoms with Crippen molar-refractivity contribution in [3.05, 3.63) is 65.5 Å². The summed E-state index contributed by atoms with van der Waals surface area (Å²) in [6, 6.07) is 13.7. The van der Waals surface area contributed by atoms with Crippen LogP contribution in [-0.4, -0.2) is 58.8 Å². The number of carbonyl (C=O) groups is 1. The molecule has 4 aromatic rings. The number of pyridine rings is 1. The van der Waals surface area contributed by atoms with Crippen LogP contribution < -0.4 is 10.2 Å². The van der Waals surface area contributed by atoms with Crippen LogP contribution in [0.5, 0.6) is 0 Å². The monoisotopic (exact) mass is 444 g/mol. The molecule has 4 heterocycles. The van der Waals surface area contributed by atoms with E-state index in [1.807, 2.05) is 32.2 Å². The first-order chi connectivity index (χ1) is 16.0. The van der Waals surface area contributed by atoms with E-state index in [0.29, 0.717) is 29.2 Å². The Balaban J connectivity index is 1.44. The fraction of sp³-hybridized carbons (Fsp3) is 0.320. The van der Waals surface area contributed by atoms with Gasteiger partial charge in [0.25, 0.3) is 5.91 Å². The van der Waals surface area contributed by atoms with Gasteiger partial charge >= 0.3 is 0 Å². The summed E-state index contributed by atoms with van der Waals surface area (Å²) in [5.41, 5.74) is 4.88. The van der Waals surface area contributed by atoms with E-state index in [2.05, 4.69) is 45.5 Å². The van der Waals surface area contributed by atoms with Crippen molar-refractivity contribution in [3.63, 3.8) is 0 Å².